The van der Waals surface area contributed by atoms with Gasteiger partial charge in [0.1, 0.15) is 0 Å². The molecule has 1 heterocycles. The van der Waals surface area contributed by atoms with Crippen LogP contribution in [0.3, 0.4) is 0 Å². The Morgan fingerprint density at radius 3 is 1.72 bits per heavy atom. The van der Waals surface area contributed by atoms with Crippen molar-refractivity contribution in [2.45, 2.75) is 91.4 Å². The molecule has 1 nitrogen and oxygen atoms in total. The van der Waals surface area contributed by atoms with Crippen LogP contribution < -0.4 is 0 Å². The van der Waals surface area contributed by atoms with E-state index in [1.807, 2.05) is 0 Å². The van der Waals surface area contributed by atoms with E-state index in [2.05, 4.69) is 20.8 Å². The Bertz CT molecular complexity index is 127. The lowest BCUT2D eigenvalue weighted by Gasteiger charge is -2.08. The Balaban J connectivity index is 0.000000397. The van der Waals surface area contributed by atoms with Crippen molar-refractivity contribution in [3.8, 4) is 0 Å². The van der Waals surface area contributed by atoms with Crippen molar-refractivity contribution in [1.82, 2.24) is 0 Å². The monoisotopic (exact) mass is 256 g/mol. The molecular weight excluding hydrogens is 220 g/mol. The molecule has 1 aliphatic rings. The Hall–Kier alpha value is -0.0400. The third-order valence-electron chi connectivity index (χ3n) is 3.46. The highest BCUT2D eigenvalue weighted by Crippen LogP contribution is 2.11. The second-order valence-corrected chi connectivity index (χ2v) is 5.98. The van der Waals surface area contributed by atoms with Gasteiger partial charge in [-0.2, -0.15) is 0 Å². The molecule has 110 valence electrons. The zero-order valence-corrected chi connectivity index (χ0v) is 13.2. The maximum atomic E-state index is 5.07. The van der Waals surface area contributed by atoms with Crippen molar-refractivity contribution in [2.24, 2.45) is 5.92 Å². The van der Waals surface area contributed by atoms with E-state index in [4.69, 9.17) is 4.74 Å². The molecule has 0 unspecified atom stereocenters. The lowest BCUT2D eigenvalue weighted by Crippen LogP contribution is -2.03. The van der Waals surface area contributed by atoms with Crippen LogP contribution in [0.4, 0.5) is 0 Å². The molecule has 0 aliphatic carbocycles. The molecule has 1 heteroatoms. The number of unbranched alkanes of at least 4 members (excludes halogenated alkanes) is 6. The second kappa shape index (κ2) is 15.0. The zero-order valence-electron chi connectivity index (χ0n) is 13.2. The molecule has 0 spiro atoms. The normalized spacial score (nSPS) is 15.3. The zero-order chi connectivity index (χ0) is 13.5. The van der Waals surface area contributed by atoms with Gasteiger partial charge in [-0.3, -0.25) is 0 Å². The van der Waals surface area contributed by atoms with Crippen LogP contribution in [0.1, 0.15) is 91.4 Å². The highest BCUT2D eigenvalue weighted by molar-refractivity contribution is 4.48. The molecule has 0 amide bonds. The van der Waals surface area contributed by atoms with Gasteiger partial charge in [0, 0.05) is 13.2 Å². The summed E-state index contributed by atoms with van der Waals surface area (Å²) in [5, 5.41) is 0. The van der Waals surface area contributed by atoms with Crippen LogP contribution in [0.15, 0.2) is 0 Å². The molecule has 0 bridgehead atoms. The van der Waals surface area contributed by atoms with Crippen molar-refractivity contribution in [1.29, 1.82) is 0 Å². The summed E-state index contributed by atoms with van der Waals surface area (Å²) in [7, 11) is 0. The molecule has 0 aromatic carbocycles. The minimum Gasteiger partial charge on any atom is -0.381 e. The molecule has 0 N–H and O–H groups in total. The van der Waals surface area contributed by atoms with Crippen molar-refractivity contribution >= 4 is 0 Å². The standard InChI is InChI=1S/C12H26.C5H10O/c1-4-5-6-7-8-9-10-11-12(2)3;1-2-4-6-5-3-1/h12H,4-11H2,1-3H3;1-5H2. The van der Waals surface area contributed by atoms with Crippen molar-refractivity contribution in [2.75, 3.05) is 13.2 Å². The lowest BCUT2D eigenvalue weighted by atomic mass is 10.0. The molecule has 0 saturated carbocycles. The van der Waals surface area contributed by atoms with Gasteiger partial charge in [0.05, 0.1) is 0 Å². The van der Waals surface area contributed by atoms with E-state index in [0.29, 0.717) is 0 Å². The van der Waals surface area contributed by atoms with E-state index in [-0.39, 0.29) is 0 Å². The first-order valence-electron chi connectivity index (χ1n) is 8.35. The van der Waals surface area contributed by atoms with E-state index in [1.54, 1.807) is 0 Å². The molecule has 1 aliphatic heterocycles. The summed E-state index contributed by atoms with van der Waals surface area (Å²) >= 11 is 0. The number of hydrogen-bond donors (Lipinski definition) is 0. The van der Waals surface area contributed by atoms with Crippen LogP contribution in [-0.2, 0) is 4.74 Å². The van der Waals surface area contributed by atoms with Gasteiger partial charge in [-0.25, -0.2) is 0 Å². The van der Waals surface area contributed by atoms with Crippen LogP contribution >= 0.6 is 0 Å². The first kappa shape index (κ1) is 18.0. The SMILES string of the molecule is C1CCOCC1.CCCCCCCCCC(C)C. The summed E-state index contributed by atoms with van der Waals surface area (Å²) in [6, 6.07) is 0. The van der Waals surface area contributed by atoms with Gasteiger partial charge in [-0.05, 0) is 25.2 Å². The average Bonchev–Trinajstić information content (AvgIpc) is 2.40. The smallest absolute Gasteiger partial charge is 0.0466 e. The van der Waals surface area contributed by atoms with E-state index < -0.39 is 0 Å². The minimum absolute atomic E-state index is 0.903. The number of hydrogen-bond acceptors (Lipinski definition) is 1. The quantitative estimate of drug-likeness (QED) is 0.486. The topological polar surface area (TPSA) is 9.23 Å². The largest absolute Gasteiger partial charge is 0.381 e. The van der Waals surface area contributed by atoms with Gasteiger partial charge in [-0.15, -0.1) is 0 Å². The van der Waals surface area contributed by atoms with Gasteiger partial charge >= 0.3 is 0 Å². The van der Waals surface area contributed by atoms with E-state index in [0.717, 1.165) is 19.1 Å². The maximum absolute atomic E-state index is 5.07. The van der Waals surface area contributed by atoms with Gasteiger partial charge in [0.15, 0.2) is 0 Å². The Kier molecular flexibility index (Phi) is 15.0. The van der Waals surface area contributed by atoms with Crippen molar-refractivity contribution in [3.63, 3.8) is 0 Å². The number of rotatable bonds is 8. The highest BCUT2D eigenvalue weighted by Gasteiger charge is 1.95. The molecule has 1 saturated heterocycles. The van der Waals surface area contributed by atoms with E-state index in [1.165, 1.54) is 70.6 Å². The fourth-order valence-electron chi connectivity index (χ4n) is 2.20. The first-order valence-corrected chi connectivity index (χ1v) is 8.35. The molecule has 18 heavy (non-hydrogen) atoms. The summed E-state index contributed by atoms with van der Waals surface area (Å²) in [6.07, 6.45) is 15.5. The molecule has 1 rings (SSSR count). The third kappa shape index (κ3) is 16.0. The second-order valence-electron chi connectivity index (χ2n) is 5.98. The summed E-state index contributed by atoms with van der Waals surface area (Å²) in [5.41, 5.74) is 0. The van der Waals surface area contributed by atoms with Gasteiger partial charge in [0.25, 0.3) is 0 Å². The Morgan fingerprint density at radius 1 is 0.778 bits per heavy atom. The van der Waals surface area contributed by atoms with Crippen molar-refractivity contribution in [3.05, 3.63) is 0 Å². The van der Waals surface area contributed by atoms with E-state index in [9.17, 15) is 0 Å². The molecule has 0 aromatic rings. The first-order chi connectivity index (χ1) is 8.77. The van der Waals surface area contributed by atoms with E-state index >= 15 is 0 Å². The molecule has 1 fully saturated rings. The maximum Gasteiger partial charge on any atom is 0.0466 e. The number of ether oxygens (including phenoxy) is 1. The average molecular weight is 256 g/mol. The van der Waals surface area contributed by atoms with Crippen LogP contribution in [0.25, 0.3) is 0 Å². The summed E-state index contributed by atoms with van der Waals surface area (Å²) in [4.78, 5) is 0. The predicted octanol–water partition coefficient (Wildman–Crippen LogP) is 5.97. The van der Waals surface area contributed by atoms with Crippen LogP contribution in [0.2, 0.25) is 0 Å². The molecule has 0 radical (unpaired) electrons. The molecule has 0 aromatic heterocycles. The van der Waals surface area contributed by atoms with Gasteiger partial charge in [-0.1, -0.05) is 72.1 Å². The summed E-state index contributed by atoms with van der Waals surface area (Å²) < 4.78 is 5.07. The van der Waals surface area contributed by atoms with Crippen LogP contribution in [-0.4, -0.2) is 13.2 Å². The summed E-state index contributed by atoms with van der Waals surface area (Å²) in [5.74, 6) is 0.903. The van der Waals surface area contributed by atoms with Crippen molar-refractivity contribution < 1.29 is 4.74 Å². The fraction of sp³-hybridized carbons (Fsp3) is 1.00. The van der Waals surface area contributed by atoms with Gasteiger partial charge in [0.2, 0.25) is 0 Å². The Morgan fingerprint density at radius 2 is 1.33 bits per heavy atom. The third-order valence-corrected chi connectivity index (χ3v) is 3.46. The minimum atomic E-state index is 0.903. The highest BCUT2D eigenvalue weighted by atomic mass is 16.5. The van der Waals surface area contributed by atoms with Crippen LogP contribution in [0, 0.1) is 5.92 Å². The predicted molar refractivity (Wildman–Crippen MR) is 82.1 cm³/mol. The fourth-order valence-corrected chi connectivity index (χ4v) is 2.20. The van der Waals surface area contributed by atoms with Crippen LogP contribution in [0.5, 0.6) is 0 Å². The van der Waals surface area contributed by atoms with Gasteiger partial charge < -0.3 is 4.74 Å². The molecule has 0 atom stereocenters. The Labute approximate surface area is 116 Å². The molecular formula is C17H36O. The summed E-state index contributed by atoms with van der Waals surface area (Å²) in [6.45, 7) is 8.91. The lowest BCUT2D eigenvalue weighted by molar-refractivity contribution is 0.0968.